The zero-order chi connectivity index (χ0) is 32.6. The minimum absolute atomic E-state index is 0.613. The average Bonchev–Trinajstić information content (AvgIpc) is 3.52. The lowest BCUT2D eigenvalue weighted by Crippen LogP contribution is -2.02. The fourth-order valence-electron chi connectivity index (χ4n) is 6.61. The maximum absolute atomic E-state index is 5.05. The second kappa shape index (κ2) is 12.1. The van der Waals surface area contributed by atoms with E-state index in [9.17, 15) is 0 Å². The highest BCUT2D eigenvalue weighted by molar-refractivity contribution is 6.11. The standard InChI is InChI=1S/C44H29N5/c1-4-12-30(13-5-1)34-21-23-40-38(28-34)37-18-10-11-19-39(37)49(40)41-29-35(20-22-36(41)31-24-26-45-27-25-31)44-47-42(32-14-6-2-7-15-32)46-43(48-44)33-16-8-3-9-17-33/h1-29H. The topological polar surface area (TPSA) is 56.5 Å². The third-order valence-electron chi connectivity index (χ3n) is 8.97. The molecule has 0 aliphatic heterocycles. The second-order valence-corrected chi connectivity index (χ2v) is 12.0. The molecule has 0 amide bonds. The molecule has 0 radical (unpaired) electrons. The van der Waals surface area contributed by atoms with Gasteiger partial charge in [-0.25, -0.2) is 15.0 Å². The molecule has 0 spiro atoms. The summed E-state index contributed by atoms with van der Waals surface area (Å²) in [6, 6.07) is 56.7. The van der Waals surface area contributed by atoms with Crippen LogP contribution in [-0.2, 0) is 0 Å². The lowest BCUT2D eigenvalue weighted by Gasteiger charge is -2.16. The van der Waals surface area contributed by atoms with Gasteiger partial charge in [-0.1, -0.05) is 127 Å². The number of rotatable bonds is 6. The monoisotopic (exact) mass is 627 g/mol. The van der Waals surface area contributed by atoms with Crippen LogP contribution in [0.2, 0.25) is 0 Å². The van der Waals surface area contributed by atoms with Crippen molar-refractivity contribution in [2.24, 2.45) is 0 Å². The van der Waals surface area contributed by atoms with Crippen LogP contribution in [-0.4, -0.2) is 24.5 Å². The Balaban J connectivity index is 1.31. The summed E-state index contributed by atoms with van der Waals surface area (Å²) in [5.41, 5.74) is 10.6. The number of hydrogen-bond acceptors (Lipinski definition) is 4. The molecule has 9 aromatic rings. The SMILES string of the molecule is c1ccc(-c2ccc3c(c2)c2ccccc2n3-c2cc(-c3nc(-c4ccccc4)nc(-c4ccccc4)n3)ccc2-c2ccncc2)cc1. The highest BCUT2D eigenvalue weighted by Crippen LogP contribution is 2.39. The quantitative estimate of drug-likeness (QED) is 0.184. The molecule has 0 unspecified atom stereocenters. The van der Waals surface area contributed by atoms with Gasteiger partial charge in [0, 0.05) is 45.4 Å². The van der Waals surface area contributed by atoms with Crippen LogP contribution in [0.5, 0.6) is 0 Å². The minimum atomic E-state index is 0.613. The van der Waals surface area contributed by atoms with Gasteiger partial charge >= 0.3 is 0 Å². The van der Waals surface area contributed by atoms with E-state index in [-0.39, 0.29) is 0 Å². The summed E-state index contributed by atoms with van der Waals surface area (Å²) >= 11 is 0. The largest absolute Gasteiger partial charge is 0.309 e. The van der Waals surface area contributed by atoms with Crippen molar-refractivity contribution in [2.75, 3.05) is 0 Å². The molecule has 5 heteroatoms. The van der Waals surface area contributed by atoms with Crippen molar-refractivity contribution in [3.05, 3.63) is 176 Å². The van der Waals surface area contributed by atoms with Crippen molar-refractivity contribution in [1.82, 2.24) is 24.5 Å². The molecule has 3 aromatic heterocycles. The maximum atomic E-state index is 5.05. The minimum Gasteiger partial charge on any atom is -0.309 e. The van der Waals surface area contributed by atoms with E-state index in [1.807, 2.05) is 73.1 Å². The van der Waals surface area contributed by atoms with Crippen molar-refractivity contribution in [3.8, 4) is 62.1 Å². The summed E-state index contributed by atoms with van der Waals surface area (Å²) in [4.78, 5) is 19.3. The molecule has 5 nitrogen and oxygen atoms in total. The van der Waals surface area contributed by atoms with Gasteiger partial charge in [-0.2, -0.15) is 0 Å². The smallest absolute Gasteiger partial charge is 0.164 e. The Kier molecular flexibility index (Phi) is 7.06. The van der Waals surface area contributed by atoms with Crippen LogP contribution in [0.25, 0.3) is 83.9 Å². The number of pyridine rings is 1. The summed E-state index contributed by atoms with van der Waals surface area (Å²) in [5.74, 6) is 1.88. The molecule has 0 saturated carbocycles. The number of fused-ring (bicyclic) bond motifs is 3. The average molecular weight is 628 g/mol. The normalized spacial score (nSPS) is 11.3. The Hall–Kier alpha value is -6.72. The predicted molar refractivity (Wildman–Crippen MR) is 199 cm³/mol. The molecule has 6 aromatic carbocycles. The highest BCUT2D eigenvalue weighted by atomic mass is 15.0. The van der Waals surface area contributed by atoms with Gasteiger partial charge in [-0.15, -0.1) is 0 Å². The Labute approximate surface area is 283 Å². The Bertz CT molecular complexity index is 2520. The summed E-state index contributed by atoms with van der Waals surface area (Å²) in [7, 11) is 0. The van der Waals surface area contributed by atoms with Crippen molar-refractivity contribution in [2.45, 2.75) is 0 Å². The van der Waals surface area contributed by atoms with E-state index in [1.54, 1.807) is 0 Å². The van der Waals surface area contributed by atoms with E-state index >= 15 is 0 Å². The van der Waals surface area contributed by atoms with Crippen molar-refractivity contribution in [3.63, 3.8) is 0 Å². The van der Waals surface area contributed by atoms with Gasteiger partial charge in [-0.05, 0) is 53.1 Å². The molecule has 9 rings (SSSR count). The van der Waals surface area contributed by atoms with Gasteiger partial charge in [0.2, 0.25) is 0 Å². The fourth-order valence-corrected chi connectivity index (χ4v) is 6.61. The van der Waals surface area contributed by atoms with Gasteiger partial charge in [0.1, 0.15) is 0 Å². The molecule has 0 aliphatic rings. The van der Waals surface area contributed by atoms with Gasteiger partial charge in [0.15, 0.2) is 17.5 Å². The predicted octanol–water partition coefficient (Wildman–Crippen LogP) is 10.7. The second-order valence-electron chi connectivity index (χ2n) is 12.0. The Morgan fingerprint density at radius 3 is 1.53 bits per heavy atom. The Morgan fingerprint density at radius 2 is 0.878 bits per heavy atom. The van der Waals surface area contributed by atoms with Gasteiger partial charge in [-0.3, -0.25) is 4.98 Å². The van der Waals surface area contributed by atoms with Crippen molar-refractivity contribution >= 4 is 21.8 Å². The van der Waals surface area contributed by atoms with Crippen LogP contribution in [0, 0.1) is 0 Å². The van der Waals surface area contributed by atoms with Crippen LogP contribution >= 0.6 is 0 Å². The molecule has 49 heavy (non-hydrogen) atoms. The maximum Gasteiger partial charge on any atom is 0.164 e. The molecule has 0 atom stereocenters. The van der Waals surface area contributed by atoms with Crippen molar-refractivity contribution in [1.29, 1.82) is 0 Å². The van der Waals surface area contributed by atoms with E-state index < -0.39 is 0 Å². The summed E-state index contributed by atoms with van der Waals surface area (Å²) in [6.45, 7) is 0. The number of benzene rings is 6. The zero-order valence-electron chi connectivity index (χ0n) is 26.5. The Morgan fingerprint density at radius 1 is 0.347 bits per heavy atom. The van der Waals surface area contributed by atoms with Gasteiger partial charge in [0.25, 0.3) is 0 Å². The van der Waals surface area contributed by atoms with Crippen LogP contribution in [0.4, 0.5) is 0 Å². The molecule has 0 N–H and O–H groups in total. The molecule has 0 bridgehead atoms. The first-order valence-electron chi connectivity index (χ1n) is 16.3. The number of aromatic nitrogens is 5. The highest BCUT2D eigenvalue weighted by Gasteiger charge is 2.19. The van der Waals surface area contributed by atoms with Crippen LogP contribution in [0.1, 0.15) is 0 Å². The summed E-state index contributed by atoms with van der Waals surface area (Å²) < 4.78 is 2.37. The molecule has 0 saturated heterocycles. The lowest BCUT2D eigenvalue weighted by molar-refractivity contribution is 1.07. The molecule has 0 fully saturated rings. The van der Waals surface area contributed by atoms with E-state index in [0.29, 0.717) is 17.5 Å². The van der Waals surface area contributed by atoms with Gasteiger partial charge < -0.3 is 4.57 Å². The third-order valence-corrected chi connectivity index (χ3v) is 8.97. The first kappa shape index (κ1) is 28.5. The summed E-state index contributed by atoms with van der Waals surface area (Å²) in [5, 5.41) is 2.39. The molecule has 0 aliphatic carbocycles. The first-order valence-corrected chi connectivity index (χ1v) is 16.3. The van der Waals surface area contributed by atoms with Crippen LogP contribution < -0.4 is 0 Å². The summed E-state index contributed by atoms with van der Waals surface area (Å²) in [6.07, 6.45) is 3.69. The van der Waals surface area contributed by atoms with E-state index in [1.165, 1.54) is 21.9 Å². The number of hydrogen-bond donors (Lipinski definition) is 0. The van der Waals surface area contributed by atoms with E-state index in [4.69, 9.17) is 15.0 Å². The molecule has 230 valence electrons. The molecular formula is C44H29N5. The zero-order valence-corrected chi connectivity index (χ0v) is 26.5. The molecule has 3 heterocycles. The van der Waals surface area contributed by atoms with Crippen LogP contribution in [0.3, 0.4) is 0 Å². The first-order chi connectivity index (χ1) is 24.3. The fraction of sp³-hybridized carbons (Fsp3) is 0. The number of nitrogens with zero attached hydrogens (tertiary/aromatic N) is 5. The third kappa shape index (κ3) is 5.24. The van der Waals surface area contributed by atoms with Crippen molar-refractivity contribution < 1.29 is 0 Å². The lowest BCUT2D eigenvalue weighted by atomic mass is 10.0. The molecular weight excluding hydrogens is 599 g/mol. The number of para-hydroxylation sites is 1. The van der Waals surface area contributed by atoms with E-state index in [0.717, 1.165) is 44.5 Å². The van der Waals surface area contributed by atoms with Gasteiger partial charge in [0.05, 0.1) is 16.7 Å². The van der Waals surface area contributed by atoms with E-state index in [2.05, 4.69) is 113 Å². The van der Waals surface area contributed by atoms with Crippen LogP contribution in [0.15, 0.2) is 176 Å².